The van der Waals surface area contributed by atoms with Gasteiger partial charge in [-0.15, -0.1) is 0 Å². The van der Waals surface area contributed by atoms with Crippen LogP contribution in [0.2, 0.25) is 5.02 Å². The Morgan fingerprint density at radius 2 is 1.78 bits per heavy atom. The Balaban J connectivity index is 1.59. The number of benzene rings is 2. The highest BCUT2D eigenvalue weighted by Gasteiger charge is 2.17. The van der Waals surface area contributed by atoms with E-state index in [9.17, 15) is 14.0 Å². The minimum Gasteiger partial charge on any atom is -0.267 e. The number of aryl methyl sites for hydroxylation is 1. The normalized spacial score (nSPS) is 11.2. The molecule has 0 aliphatic carbocycles. The second-order valence-corrected chi connectivity index (χ2v) is 7.63. The molecule has 3 heterocycles. The van der Waals surface area contributed by atoms with Gasteiger partial charge in [0.2, 0.25) is 0 Å². The molecule has 9 heteroatoms. The summed E-state index contributed by atoms with van der Waals surface area (Å²) in [5, 5.41) is 5.33. The molecule has 1 N–H and O–H groups in total. The minimum atomic E-state index is -0.453. The Morgan fingerprint density at radius 3 is 2.50 bits per heavy atom. The summed E-state index contributed by atoms with van der Waals surface area (Å²) in [7, 11) is 0. The third kappa shape index (κ3) is 3.30. The van der Waals surface area contributed by atoms with Gasteiger partial charge in [-0.25, -0.2) is 18.6 Å². The standard InChI is InChI=1S/C23H15ClFN5O2/c1-13-20(14-4-8-17(25)9-5-14)21-26-12-18-19(30(21)27-13)10-11-29(23(18)32)28-22(31)15-2-6-16(24)7-3-15/h2-12H,1H3,(H,28,31). The highest BCUT2D eigenvalue weighted by atomic mass is 35.5. The molecular weight excluding hydrogens is 433 g/mol. The molecule has 32 heavy (non-hydrogen) atoms. The quantitative estimate of drug-likeness (QED) is 0.449. The predicted molar refractivity (Wildman–Crippen MR) is 120 cm³/mol. The number of carbonyl (C=O) groups excluding carboxylic acids is 1. The molecule has 0 atom stereocenters. The number of aromatic nitrogens is 4. The predicted octanol–water partition coefficient (Wildman–Crippen LogP) is 4.20. The van der Waals surface area contributed by atoms with Crippen LogP contribution in [0.3, 0.4) is 0 Å². The number of rotatable bonds is 3. The average molecular weight is 448 g/mol. The fraction of sp³-hybridized carbons (Fsp3) is 0.0435. The molecule has 3 aromatic heterocycles. The monoisotopic (exact) mass is 447 g/mol. The van der Waals surface area contributed by atoms with E-state index in [1.54, 1.807) is 47.0 Å². The van der Waals surface area contributed by atoms with Crippen molar-refractivity contribution >= 4 is 34.1 Å². The molecule has 0 radical (unpaired) electrons. The van der Waals surface area contributed by atoms with Crippen LogP contribution < -0.4 is 11.0 Å². The van der Waals surface area contributed by atoms with Crippen LogP contribution in [-0.2, 0) is 0 Å². The Morgan fingerprint density at radius 1 is 1.06 bits per heavy atom. The SMILES string of the molecule is Cc1nn2c(ncc3c(=O)n(NC(=O)c4ccc(Cl)cc4)ccc32)c1-c1ccc(F)cc1. The lowest BCUT2D eigenvalue weighted by Crippen LogP contribution is -2.32. The van der Waals surface area contributed by atoms with Crippen molar-refractivity contribution in [1.29, 1.82) is 0 Å². The number of fused-ring (bicyclic) bond motifs is 3. The van der Waals surface area contributed by atoms with Gasteiger partial charge in [0.15, 0.2) is 5.65 Å². The van der Waals surface area contributed by atoms with E-state index in [1.807, 2.05) is 6.92 Å². The zero-order chi connectivity index (χ0) is 22.4. The summed E-state index contributed by atoms with van der Waals surface area (Å²) in [4.78, 5) is 29.9. The fourth-order valence-corrected chi connectivity index (χ4v) is 3.72. The smallest absolute Gasteiger partial charge is 0.267 e. The summed E-state index contributed by atoms with van der Waals surface area (Å²) in [6.45, 7) is 1.83. The zero-order valence-electron chi connectivity index (χ0n) is 16.7. The van der Waals surface area contributed by atoms with Crippen LogP contribution in [0.5, 0.6) is 0 Å². The number of nitrogens with one attached hydrogen (secondary N) is 1. The van der Waals surface area contributed by atoms with Crippen molar-refractivity contribution in [2.24, 2.45) is 0 Å². The van der Waals surface area contributed by atoms with Crippen molar-refractivity contribution < 1.29 is 9.18 Å². The number of carbonyl (C=O) groups is 1. The molecule has 158 valence electrons. The average Bonchev–Trinajstić information content (AvgIpc) is 3.13. The van der Waals surface area contributed by atoms with Crippen molar-refractivity contribution in [3.63, 3.8) is 0 Å². The molecule has 7 nitrogen and oxygen atoms in total. The fourth-order valence-electron chi connectivity index (χ4n) is 3.59. The number of hydrogen-bond donors (Lipinski definition) is 1. The molecule has 0 unspecified atom stereocenters. The number of nitrogens with zero attached hydrogens (tertiary/aromatic N) is 4. The first-order valence-corrected chi connectivity index (χ1v) is 10.0. The summed E-state index contributed by atoms with van der Waals surface area (Å²) in [5.41, 5.74) is 5.78. The second-order valence-electron chi connectivity index (χ2n) is 7.20. The van der Waals surface area contributed by atoms with Gasteiger partial charge < -0.3 is 0 Å². The number of halogens is 2. The first-order valence-electron chi connectivity index (χ1n) is 9.65. The summed E-state index contributed by atoms with van der Waals surface area (Å²) in [5.74, 6) is -0.784. The van der Waals surface area contributed by atoms with Gasteiger partial charge in [-0.1, -0.05) is 23.7 Å². The Kier molecular flexibility index (Phi) is 4.71. The number of pyridine rings is 1. The van der Waals surface area contributed by atoms with E-state index in [1.165, 1.54) is 24.5 Å². The van der Waals surface area contributed by atoms with Crippen LogP contribution in [0, 0.1) is 12.7 Å². The molecule has 0 fully saturated rings. The second kappa shape index (κ2) is 7.58. The Labute approximate surface area is 185 Å². The summed E-state index contributed by atoms with van der Waals surface area (Å²) in [6.07, 6.45) is 2.92. The van der Waals surface area contributed by atoms with Gasteiger partial charge in [-0.2, -0.15) is 5.10 Å². The maximum atomic E-state index is 13.3. The lowest BCUT2D eigenvalue weighted by atomic mass is 10.1. The van der Waals surface area contributed by atoms with Crippen molar-refractivity contribution in [2.45, 2.75) is 6.92 Å². The highest BCUT2D eigenvalue weighted by molar-refractivity contribution is 6.30. The van der Waals surface area contributed by atoms with Crippen molar-refractivity contribution in [2.75, 3.05) is 5.43 Å². The molecule has 5 aromatic rings. The maximum Gasteiger partial charge on any atom is 0.280 e. The Bertz CT molecular complexity index is 1560. The topological polar surface area (TPSA) is 81.3 Å². The molecule has 0 aliphatic heterocycles. The van der Waals surface area contributed by atoms with E-state index in [-0.39, 0.29) is 11.2 Å². The van der Waals surface area contributed by atoms with Crippen LogP contribution in [0.25, 0.3) is 27.7 Å². The van der Waals surface area contributed by atoms with Gasteiger partial charge in [-0.05, 0) is 55.0 Å². The van der Waals surface area contributed by atoms with Gasteiger partial charge in [0.25, 0.3) is 11.5 Å². The zero-order valence-corrected chi connectivity index (χ0v) is 17.5. The largest absolute Gasteiger partial charge is 0.280 e. The number of amides is 1. The van der Waals surface area contributed by atoms with Crippen LogP contribution in [0.15, 0.2) is 71.8 Å². The van der Waals surface area contributed by atoms with Gasteiger partial charge >= 0.3 is 0 Å². The van der Waals surface area contributed by atoms with Crippen LogP contribution in [0.1, 0.15) is 16.1 Å². The van der Waals surface area contributed by atoms with E-state index < -0.39 is 11.5 Å². The number of hydrogen-bond acceptors (Lipinski definition) is 4. The molecule has 1 amide bonds. The van der Waals surface area contributed by atoms with E-state index in [0.29, 0.717) is 27.4 Å². The molecule has 0 saturated carbocycles. The summed E-state index contributed by atoms with van der Waals surface area (Å²) >= 11 is 5.85. The van der Waals surface area contributed by atoms with Crippen LogP contribution in [-0.4, -0.2) is 25.2 Å². The first kappa shape index (κ1) is 19.9. The van der Waals surface area contributed by atoms with Crippen molar-refractivity contribution in [3.05, 3.63) is 99.4 Å². The van der Waals surface area contributed by atoms with E-state index in [2.05, 4.69) is 15.5 Å². The molecule has 0 bridgehead atoms. The molecule has 5 rings (SSSR count). The van der Waals surface area contributed by atoms with Crippen LogP contribution >= 0.6 is 11.6 Å². The van der Waals surface area contributed by atoms with E-state index >= 15 is 0 Å². The van der Waals surface area contributed by atoms with Crippen molar-refractivity contribution in [1.82, 2.24) is 19.3 Å². The third-order valence-electron chi connectivity index (χ3n) is 5.15. The highest BCUT2D eigenvalue weighted by Crippen LogP contribution is 2.28. The van der Waals surface area contributed by atoms with Gasteiger partial charge in [0.05, 0.1) is 16.6 Å². The van der Waals surface area contributed by atoms with E-state index in [4.69, 9.17) is 11.6 Å². The van der Waals surface area contributed by atoms with E-state index in [0.717, 1.165) is 15.8 Å². The molecule has 0 spiro atoms. The lowest BCUT2D eigenvalue weighted by molar-refractivity contribution is 0.101. The molecule has 0 saturated heterocycles. The summed E-state index contributed by atoms with van der Waals surface area (Å²) < 4.78 is 16.0. The minimum absolute atomic E-state index is 0.282. The molecule has 0 aliphatic rings. The van der Waals surface area contributed by atoms with Gasteiger partial charge in [0, 0.05) is 28.5 Å². The third-order valence-corrected chi connectivity index (χ3v) is 5.40. The summed E-state index contributed by atoms with van der Waals surface area (Å²) in [6, 6.07) is 14.1. The van der Waals surface area contributed by atoms with Crippen LogP contribution in [0.4, 0.5) is 4.39 Å². The van der Waals surface area contributed by atoms with Gasteiger partial charge in [-0.3, -0.25) is 15.0 Å². The lowest BCUT2D eigenvalue weighted by Gasteiger charge is -2.10. The molecule has 2 aromatic carbocycles. The maximum absolute atomic E-state index is 13.3. The molecular formula is C23H15ClFN5O2. The first-order chi connectivity index (χ1) is 15.4. The Hall–Kier alpha value is -4.04. The van der Waals surface area contributed by atoms with Crippen molar-refractivity contribution in [3.8, 4) is 11.1 Å². The van der Waals surface area contributed by atoms with Gasteiger partial charge in [0.1, 0.15) is 5.82 Å².